The Morgan fingerprint density at radius 3 is 2.40 bits per heavy atom. The highest BCUT2D eigenvalue weighted by Gasteiger charge is 2.19. The molecule has 130 valence electrons. The van der Waals surface area contributed by atoms with Gasteiger partial charge in [0.2, 0.25) is 0 Å². The standard InChI is InChI=1S/C18H16Cl2N2O3/c1-24-15-5-10-3-4-21-13(12(10)8-16(15)25-2)9-14(23)11-6-17(19)22-18(20)7-11/h5-9,21H,3-4H2,1-2H3. The number of ketones is 1. The Bertz CT molecular complexity index is 845. The number of nitrogens with one attached hydrogen (secondary N) is 1. The maximum Gasteiger partial charge on any atom is 0.188 e. The van der Waals surface area contributed by atoms with Gasteiger partial charge in [-0.15, -0.1) is 0 Å². The number of hydrogen-bond acceptors (Lipinski definition) is 5. The van der Waals surface area contributed by atoms with Gasteiger partial charge in [0.15, 0.2) is 17.3 Å². The molecule has 5 nitrogen and oxygen atoms in total. The topological polar surface area (TPSA) is 60.5 Å². The minimum absolute atomic E-state index is 0.178. The van der Waals surface area contributed by atoms with Crippen LogP contribution >= 0.6 is 23.2 Å². The SMILES string of the molecule is COc1cc2c(cc1OC)C(=CC(=O)c1cc(Cl)nc(Cl)c1)NCC2. The number of carbonyl (C=O) groups excluding carboxylic acids is 1. The highest BCUT2D eigenvalue weighted by atomic mass is 35.5. The van der Waals surface area contributed by atoms with E-state index in [1.54, 1.807) is 14.2 Å². The zero-order valence-corrected chi connectivity index (χ0v) is 15.2. The molecule has 0 saturated carbocycles. The van der Waals surface area contributed by atoms with Crippen LogP contribution in [-0.4, -0.2) is 31.5 Å². The third-order valence-corrected chi connectivity index (χ3v) is 4.32. The number of allylic oxidation sites excluding steroid dienone is 1. The molecule has 0 atom stereocenters. The molecule has 0 fully saturated rings. The summed E-state index contributed by atoms with van der Waals surface area (Å²) in [5, 5.41) is 3.61. The summed E-state index contributed by atoms with van der Waals surface area (Å²) in [4.78, 5) is 16.4. The number of hydrogen-bond donors (Lipinski definition) is 1. The Morgan fingerprint density at radius 1 is 1.12 bits per heavy atom. The lowest BCUT2D eigenvalue weighted by Crippen LogP contribution is -2.23. The fraction of sp³-hybridized carbons (Fsp3) is 0.222. The van der Waals surface area contributed by atoms with E-state index in [0.29, 0.717) is 17.1 Å². The molecule has 0 unspecified atom stereocenters. The normalized spacial score (nSPS) is 14.6. The Morgan fingerprint density at radius 2 is 1.76 bits per heavy atom. The zero-order valence-electron chi connectivity index (χ0n) is 13.7. The second-order valence-corrected chi connectivity index (χ2v) is 6.24. The second kappa shape index (κ2) is 7.33. The van der Waals surface area contributed by atoms with E-state index in [4.69, 9.17) is 32.7 Å². The van der Waals surface area contributed by atoms with Crippen LogP contribution in [0.1, 0.15) is 21.5 Å². The third-order valence-electron chi connectivity index (χ3n) is 3.93. The molecular weight excluding hydrogens is 363 g/mol. The molecule has 1 aromatic carbocycles. The fourth-order valence-corrected chi connectivity index (χ4v) is 3.22. The van der Waals surface area contributed by atoms with E-state index in [-0.39, 0.29) is 16.1 Å². The van der Waals surface area contributed by atoms with Gasteiger partial charge in [-0.1, -0.05) is 23.2 Å². The van der Waals surface area contributed by atoms with Crippen LogP contribution in [0.3, 0.4) is 0 Å². The van der Waals surface area contributed by atoms with E-state index in [1.807, 2.05) is 12.1 Å². The Hall–Kier alpha value is -2.24. The first kappa shape index (κ1) is 17.6. The average Bonchev–Trinajstić information content (AvgIpc) is 2.59. The maximum absolute atomic E-state index is 12.6. The van der Waals surface area contributed by atoms with Crippen molar-refractivity contribution in [3.05, 3.63) is 57.3 Å². The van der Waals surface area contributed by atoms with Crippen LogP contribution in [-0.2, 0) is 6.42 Å². The van der Waals surface area contributed by atoms with Crippen molar-refractivity contribution in [2.75, 3.05) is 20.8 Å². The lowest BCUT2D eigenvalue weighted by Gasteiger charge is -2.23. The first-order valence-corrected chi connectivity index (χ1v) is 8.35. The molecular formula is C18H16Cl2N2O3. The molecule has 0 aliphatic carbocycles. The number of fused-ring (bicyclic) bond motifs is 1. The number of halogens is 2. The monoisotopic (exact) mass is 378 g/mol. The van der Waals surface area contributed by atoms with Gasteiger partial charge in [-0.25, -0.2) is 4.98 Å². The number of pyridine rings is 1. The van der Waals surface area contributed by atoms with Crippen LogP contribution in [0.2, 0.25) is 10.3 Å². The number of methoxy groups -OCH3 is 2. The number of aromatic nitrogens is 1. The van der Waals surface area contributed by atoms with Gasteiger partial charge in [-0.3, -0.25) is 4.79 Å². The first-order chi connectivity index (χ1) is 12.0. The quantitative estimate of drug-likeness (QED) is 0.498. The molecule has 3 rings (SSSR count). The van der Waals surface area contributed by atoms with Crippen molar-refractivity contribution in [3.63, 3.8) is 0 Å². The summed E-state index contributed by atoms with van der Waals surface area (Å²) in [5.74, 6) is 1.07. The molecule has 1 aromatic heterocycles. The highest BCUT2D eigenvalue weighted by molar-refractivity contribution is 6.33. The van der Waals surface area contributed by atoms with Gasteiger partial charge in [0.1, 0.15) is 10.3 Å². The van der Waals surface area contributed by atoms with E-state index in [2.05, 4.69) is 10.3 Å². The van der Waals surface area contributed by atoms with E-state index >= 15 is 0 Å². The summed E-state index contributed by atoms with van der Waals surface area (Å²) in [7, 11) is 3.18. The Balaban J connectivity index is 2.02. The van der Waals surface area contributed by atoms with Gasteiger partial charge in [-0.05, 0) is 36.2 Å². The molecule has 2 heterocycles. The number of nitrogens with zero attached hydrogens (tertiary/aromatic N) is 1. The number of benzene rings is 1. The summed E-state index contributed by atoms with van der Waals surface area (Å²) >= 11 is 11.8. The zero-order chi connectivity index (χ0) is 18.0. The van der Waals surface area contributed by atoms with E-state index in [1.165, 1.54) is 18.2 Å². The molecule has 7 heteroatoms. The van der Waals surface area contributed by atoms with Crippen LogP contribution < -0.4 is 14.8 Å². The number of rotatable bonds is 4. The summed E-state index contributed by atoms with van der Waals surface area (Å²) < 4.78 is 10.7. The fourth-order valence-electron chi connectivity index (χ4n) is 2.76. The lowest BCUT2D eigenvalue weighted by molar-refractivity contribution is 0.104. The second-order valence-electron chi connectivity index (χ2n) is 5.46. The molecule has 0 saturated heterocycles. The van der Waals surface area contributed by atoms with Gasteiger partial charge in [0.05, 0.1) is 14.2 Å². The van der Waals surface area contributed by atoms with Crippen LogP contribution in [0.5, 0.6) is 11.5 Å². The highest BCUT2D eigenvalue weighted by Crippen LogP contribution is 2.35. The molecule has 1 N–H and O–H groups in total. The molecule has 0 amide bonds. The summed E-state index contributed by atoms with van der Waals surface area (Å²) in [5.41, 5.74) is 3.09. The van der Waals surface area contributed by atoms with E-state index < -0.39 is 0 Å². The Labute approximate surface area is 155 Å². The van der Waals surface area contributed by atoms with Gasteiger partial charge in [-0.2, -0.15) is 0 Å². The van der Waals surface area contributed by atoms with Crippen molar-refractivity contribution < 1.29 is 14.3 Å². The predicted molar refractivity (Wildman–Crippen MR) is 97.8 cm³/mol. The minimum atomic E-state index is -0.212. The van der Waals surface area contributed by atoms with Crippen LogP contribution in [0.4, 0.5) is 0 Å². The average molecular weight is 379 g/mol. The molecule has 0 bridgehead atoms. The van der Waals surface area contributed by atoms with Crippen LogP contribution in [0.25, 0.3) is 5.70 Å². The molecule has 25 heavy (non-hydrogen) atoms. The molecule has 2 aromatic rings. The third kappa shape index (κ3) is 3.72. The largest absolute Gasteiger partial charge is 0.493 e. The molecule has 1 aliphatic heterocycles. The van der Waals surface area contributed by atoms with Crippen LogP contribution in [0, 0.1) is 0 Å². The van der Waals surface area contributed by atoms with Crippen molar-refractivity contribution in [1.82, 2.24) is 10.3 Å². The lowest BCUT2D eigenvalue weighted by atomic mass is 9.96. The summed E-state index contributed by atoms with van der Waals surface area (Å²) in [6.45, 7) is 0.722. The summed E-state index contributed by atoms with van der Waals surface area (Å²) in [6, 6.07) is 6.79. The smallest absolute Gasteiger partial charge is 0.188 e. The number of ether oxygens (including phenoxy) is 2. The maximum atomic E-state index is 12.6. The Kier molecular flexibility index (Phi) is 5.16. The molecule has 0 spiro atoms. The van der Waals surface area contributed by atoms with Crippen molar-refractivity contribution in [2.45, 2.75) is 6.42 Å². The van der Waals surface area contributed by atoms with Gasteiger partial charge in [0, 0.05) is 29.4 Å². The van der Waals surface area contributed by atoms with Gasteiger partial charge in [0.25, 0.3) is 0 Å². The van der Waals surface area contributed by atoms with E-state index in [0.717, 1.165) is 29.8 Å². The van der Waals surface area contributed by atoms with Crippen LogP contribution in [0.15, 0.2) is 30.3 Å². The van der Waals surface area contributed by atoms with Crippen molar-refractivity contribution in [2.24, 2.45) is 0 Å². The van der Waals surface area contributed by atoms with Crippen molar-refractivity contribution in [3.8, 4) is 11.5 Å². The first-order valence-electron chi connectivity index (χ1n) is 7.60. The molecule has 1 aliphatic rings. The molecule has 0 radical (unpaired) electrons. The van der Waals surface area contributed by atoms with Crippen molar-refractivity contribution in [1.29, 1.82) is 0 Å². The van der Waals surface area contributed by atoms with Gasteiger partial charge < -0.3 is 14.8 Å². The number of carbonyl (C=O) groups is 1. The van der Waals surface area contributed by atoms with Gasteiger partial charge >= 0.3 is 0 Å². The summed E-state index contributed by atoms with van der Waals surface area (Å²) in [6.07, 6.45) is 2.36. The minimum Gasteiger partial charge on any atom is -0.493 e. The van der Waals surface area contributed by atoms with E-state index in [9.17, 15) is 4.79 Å². The predicted octanol–water partition coefficient (Wildman–Crippen LogP) is 3.78. The van der Waals surface area contributed by atoms with Crippen molar-refractivity contribution >= 4 is 34.7 Å².